The number of para-hydroxylation sites is 2. The molecule has 1 aromatic heterocycles. The van der Waals surface area contributed by atoms with Crippen LogP contribution in [0.5, 0.6) is 5.75 Å². The molecule has 1 aliphatic rings. The molecule has 0 saturated carbocycles. The fraction of sp³-hybridized carbons (Fsp3) is 0. The smallest absolute Gasteiger partial charge is 0.433 e. The zero-order valence-corrected chi connectivity index (χ0v) is 25.6. The summed E-state index contributed by atoms with van der Waals surface area (Å²) in [4.78, 5) is 4.39. The van der Waals surface area contributed by atoms with E-state index in [-0.39, 0.29) is 0 Å². The maximum atomic E-state index is 7.60. The van der Waals surface area contributed by atoms with Gasteiger partial charge in [-0.25, -0.2) is 0 Å². The summed E-state index contributed by atoms with van der Waals surface area (Å²) >= 11 is 0. The molecule has 0 saturated heterocycles. The van der Waals surface area contributed by atoms with Crippen LogP contribution in [0.25, 0.3) is 33.4 Å². The van der Waals surface area contributed by atoms with Crippen molar-refractivity contribution in [3.05, 3.63) is 182 Å². The average molecular weight is 595 g/mol. The number of aromatic nitrogens is 1. The summed E-state index contributed by atoms with van der Waals surface area (Å²) in [7, 11) is -3.30. The highest BCUT2D eigenvalue weighted by molar-refractivity contribution is 7.01. The molecule has 3 nitrogen and oxygen atoms in total. The van der Waals surface area contributed by atoms with Gasteiger partial charge in [-0.2, -0.15) is 0 Å². The summed E-state index contributed by atoms with van der Waals surface area (Å²) in [5.74, 6) is 0.882. The third-order valence-corrected chi connectivity index (χ3v) is 12.5. The largest absolute Gasteiger partial charge is 0.518 e. The van der Waals surface area contributed by atoms with Crippen molar-refractivity contribution < 1.29 is 4.43 Å². The van der Waals surface area contributed by atoms with Gasteiger partial charge in [-0.3, -0.25) is 4.98 Å². The van der Waals surface area contributed by atoms with Crippen LogP contribution < -0.4 is 19.4 Å². The van der Waals surface area contributed by atoms with Gasteiger partial charge in [-0.05, 0) is 46.5 Å². The first kappa shape index (κ1) is 26.9. The molecule has 6 aromatic carbocycles. The molecule has 0 N–H and O–H groups in total. The summed E-state index contributed by atoms with van der Waals surface area (Å²) in [6, 6.07) is 60.3. The molecule has 45 heavy (non-hydrogen) atoms. The molecule has 0 amide bonds. The van der Waals surface area contributed by atoms with Crippen molar-refractivity contribution in [2.75, 3.05) is 4.57 Å². The Hall–Kier alpha value is -5.71. The lowest BCUT2D eigenvalue weighted by Crippen LogP contribution is -2.73. The zero-order valence-electron chi connectivity index (χ0n) is 24.6. The van der Waals surface area contributed by atoms with Gasteiger partial charge >= 0.3 is 8.48 Å². The second-order valence-corrected chi connectivity index (χ2v) is 14.3. The minimum absolute atomic E-state index is 0.882. The van der Waals surface area contributed by atoms with Gasteiger partial charge in [0.15, 0.2) is 0 Å². The van der Waals surface area contributed by atoms with Gasteiger partial charge in [0.2, 0.25) is 0 Å². The maximum absolute atomic E-state index is 7.60. The van der Waals surface area contributed by atoms with Crippen LogP contribution in [0, 0.1) is 0 Å². The van der Waals surface area contributed by atoms with Gasteiger partial charge < -0.3 is 8.99 Å². The van der Waals surface area contributed by atoms with Gasteiger partial charge in [0.05, 0.1) is 0 Å². The summed E-state index contributed by atoms with van der Waals surface area (Å²) in [6.45, 7) is 0. The zero-order chi connectivity index (χ0) is 30.1. The standard InChI is InChI=1S/C41H30N2OSi/c1-3-11-31(12-4-1)33-19-23-36(24-20-33)45(37-25-21-34(22-26-37)32-13-5-2-6-14-32)43(35-27-29-42-30-28-35)40-17-9-7-15-38(40)39-16-8-10-18-41(39)44-45/h1-30H. The van der Waals surface area contributed by atoms with Crippen molar-refractivity contribution in [1.82, 2.24) is 4.98 Å². The first-order valence-electron chi connectivity index (χ1n) is 15.2. The number of hydrogen-bond donors (Lipinski definition) is 0. The number of hydrogen-bond acceptors (Lipinski definition) is 3. The molecular formula is C41H30N2OSi. The van der Waals surface area contributed by atoms with Crippen molar-refractivity contribution >= 4 is 30.2 Å². The van der Waals surface area contributed by atoms with Crippen molar-refractivity contribution in [3.63, 3.8) is 0 Å². The molecule has 7 aromatic rings. The van der Waals surface area contributed by atoms with E-state index in [2.05, 4.69) is 179 Å². The van der Waals surface area contributed by atoms with E-state index < -0.39 is 8.48 Å². The number of pyridine rings is 1. The quantitative estimate of drug-likeness (QED) is 0.186. The molecule has 0 fully saturated rings. The number of anilines is 2. The number of rotatable bonds is 5. The van der Waals surface area contributed by atoms with Crippen molar-refractivity contribution in [2.45, 2.75) is 0 Å². The van der Waals surface area contributed by atoms with E-state index in [9.17, 15) is 0 Å². The second kappa shape index (κ2) is 11.4. The van der Waals surface area contributed by atoms with Gasteiger partial charge in [0, 0.05) is 45.3 Å². The van der Waals surface area contributed by atoms with Gasteiger partial charge in [-0.15, -0.1) is 0 Å². The normalized spacial score (nSPS) is 13.2. The Morgan fingerprint density at radius 3 is 1.47 bits per heavy atom. The van der Waals surface area contributed by atoms with Crippen LogP contribution in [0.15, 0.2) is 182 Å². The van der Waals surface area contributed by atoms with Gasteiger partial charge in [-0.1, -0.05) is 146 Å². The van der Waals surface area contributed by atoms with Crippen LogP contribution in [0.1, 0.15) is 0 Å². The molecule has 8 rings (SSSR count). The lowest BCUT2D eigenvalue weighted by molar-refractivity contribution is 0.567. The van der Waals surface area contributed by atoms with E-state index in [1.165, 1.54) is 22.3 Å². The summed E-state index contributed by atoms with van der Waals surface area (Å²) < 4.78 is 10.1. The Bertz CT molecular complexity index is 1980. The highest BCUT2D eigenvalue weighted by atomic mass is 28.4. The molecule has 1 aliphatic heterocycles. The average Bonchev–Trinajstić information content (AvgIpc) is 3.26. The lowest BCUT2D eigenvalue weighted by Gasteiger charge is -2.42. The molecule has 0 radical (unpaired) electrons. The van der Waals surface area contributed by atoms with Crippen LogP contribution >= 0.6 is 0 Å². The molecule has 0 aliphatic carbocycles. The highest BCUT2D eigenvalue weighted by Gasteiger charge is 2.52. The molecular weight excluding hydrogens is 565 g/mol. The summed E-state index contributed by atoms with van der Waals surface area (Å²) in [5.41, 5.74) is 9.10. The monoisotopic (exact) mass is 594 g/mol. The van der Waals surface area contributed by atoms with Crippen LogP contribution in [0.2, 0.25) is 0 Å². The Balaban J connectivity index is 1.42. The molecule has 0 atom stereocenters. The third kappa shape index (κ3) is 4.73. The fourth-order valence-electron chi connectivity index (χ4n) is 6.44. The molecule has 2 heterocycles. The number of benzene rings is 6. The van der Waals surface area contributed by atoms with Gasteiger partial charge in [0.25, 0.3) is 0 Å². The molecule has 0 bridgehead atoms. The summed E-state index contributed by atoms with van der Waals surface area (Å²) in [5, 5.41) is 2.30. The van der Waals surface area contributed by atoms with E-state index in [4.69, 9.17) is 4.43 Å². The third-order valence-electron chi connectivity index (χ3n) is 8.58. The first-order valence-corrected chi connectivity index (χ1v) is 17.1. The topological polar surface area (TPSA) is 25.4 Å². The van der Waals surface area contributed by atoms with Crippen molar-refractivity contribution in [1.29, 1.82) is 0 Å². The molecule has 4 heteroatoms. The predicted molar refractivity (Wildman–Crippen MR) is 188 cm³/mol. The number of fused-ring (bicyclic) bond motifs is 3. The lowest BCUT2D eigenvalue weighted by atomic mass is 10.0. The Morgan fingerprint density at radius 1 is 0.422 bits per heavy atom. The maximum Gasteiger partial charge on any atom is 0.433 e. The SMILES string of the molecule is c1ccc(-c2ccc([Si]3(c4ccc(-c5ccccc5)cc4)Oc4ccccc4-c4ccccc4N3c3ccncc3)cc2)cc1. The van der Waals surface area contributed by atoms with E-state index in [0.717, 1.165) is 38.6 Å². The Morgan fingerprint density at radius 2 is 0.889 bits per heavy atom. The number of nitrogens with zero attached hydrogens (tertiary/aromatic N) is 2. The van der Waals surface area contributed by atoms with Crippen LogP contribution in [0.3, 0.4) is 0 Å². The van der Waals surface area contributed by atoms with Crippen LogP contribution in [-0.2, 0) is 0 Å². The fourth-order valence-corrected chi connectivity index (χ4v) is 10.4. The predicted octanol–water partition coefficient (Wildman–Crippen LogP) is 8.87. The van der Waals surface area contributed by atoms with Crippen molar-refractivity contribution in [2.24, 2.45) is 0 Å². The van der Waals surface area contributed by atoms with E-state index in [1.807, 2.05) is 12.4 Å². The van der Waals surface area contributed by atoms with Crippen LogP contribution in [-0.4, -0.2) is 13.5 Å². The summed E-state index contributed by atoms with van der Waals surface area (Å²) in [6.07, 6.45) is 3.73. The first-order chi connectivity index (χ1) is 22.3. The van der Waals surface area contributed by atoms with E-state index in [1.54, 1.807) is 0 Å². The Kier molecular flexibility index (Phi) is 6.82. The minimum atomic E-state index is -3.30. The molecule has 214 valence electrons. The van der Waals surface area contributed by atoms with E-state index in [0.29, 0.717) is 0 Å². The van der Waals surface area contributed by atoms with Crippen molar-refractivity contribution in [3.8, 4) is 39.1 Å². The minimum Gasteiger partial charge on any atom is -0.518 e. The van der Waals surface area contributed by atoms with Gasteiger partial charge in [0.1, 0.15) is 5.75 Å². The molecule has 0 unspecified atom stereocenters. The highest BCUT2D eigenvalue weighted by Crippen LogP contribution is 2.45. The van der Waals surface area contributed by atoms with Crippen LogP contribution in [0.4, 0.5) is 11.4 Å². The Labute approximate surface area is 264 Å². The second-order valence-electron chi connectivity index (χ2n) is 11.2. The molecule has 0 spiro atoms. The van der Waals surface area contributed by atoms with E-state index >= 15 is 0 Å².